The molecular weight excluding hydrogens is 410 g/mol. The molecular formula is C20H25N3O6S. The number of hydrogen-bond donors (Lipinski definition) is 2. The first-order valence-corrected chi connectivity index (χ1v) is 10.6. The number of ether oxygens (including phenoxy) is 2. The van der Waals surface area contributed by atoms with Gasteiger partial charge in [-0.05, 0) is 48.9 Å². The minimum absolute atomic E-state index is 0.0119. The number of hydrogen-bond acceptors (Lipinski definition) is 6. The van der Waals surface area contributed by atoms with Gasteiger partial charge in [-0.1, -0.05) is 6.07 Å². The van der Waals surface area contributed by atoms with Gasteiger partial charge in [-0.3, -0.25) is 20.4 Å². The summed E-state index contributed by atoms with van der Waals surface area (Å²) in [6, 6.07) is 12.6. The van der Waals surface area contributed by atoms with Crippen molar-refractivity contribution in [1.82, 2.24) is 15.2 Å². The molecule has 0 unspecified atom stereocenters. The van der Waals surface area contributed by atoms with Crippen molar-refractivity contribution < 1.29 is 27.5 Å². The highest BCUT2D eigenvalue weighted by atomic mass is 32.2. The molecule has 2 aromatic carbocycles. The first-order valence-electron chi connectivity index (χ1n) is 9.12. The second kappa shape index (κ2) is 10.6. The summed E-state index contributed by atoms with van der Waals surface area (Å²) >= 11 is 0. The van der Waals surface area contributed by atoms with E-state index in [4.69, 9.17) is 9.47 Å². The molecule has 0 saturated carbocycles. The van der Waals surface area contributed by atoms with Crippen LogP contribution in [0.4, 0.5) is 0 Å². The van der Waals surface area contributed by atoms with Gasteiger partial charge in [-0.2, -0.15) is 0 Å². The predicted molar refractivity (Wildman–Crippen MR) is 111 cm³/mol. The zero-order valence-corrected chi connectivity index (χ0v) is 17.9. The van der Waals surface area contributed by atoms with E-state index in [0.29, 0.717) is 18.8 Å². The number of amides is 2. The van der Waals surface area contributed by atoms with Crippen LogP contribution < -0.4 is 20.3 Å². The summed E-state index contributed by atoms with van der Waals surface area (Å²) in [6.07, 6.45) is 0.593. The van der Waals surface area contributed by atoms with E-state index in [9.17, 15) is 18.0 Å². The summed E-state index contributed by atoms with van der Waals surface area (Å²) in [4.78, 5) is 24.1. The number of benzene rings is 2. The summed E-state index contributed by atoms with van der Waals surface area (Å²) in [6.45, 7) is 0.331. The van der Waals surface area contributed by atoms with Gasteiger partial charge in [0, 0.05) is 26.1 Å². The lowest BCUT2D eigenvalue weighted by Gasteiger charge is -2.12. The van der Waals surface area contributed by atoms with Crippen LogP contribution in [-0.2, 0) is 14.8 Å². The third-order valence-electron chi connectivity index (χ3n) is 4.07. The zero-order valence-electron chi connectivity index (χ0n) is 17.0. The van der Waals surface area contributed by atoms with Gasteiger partial charge in [-0.15, -0.1) is 0 Å². The minimum atomic E-state index is -3.66. The quantitative estimate of drug-likeness (QED) is 0.457. The first-order chi connectivity index (χ1) is 14.2. The van der Waals surface area contributed by atoms with Gasteiger partial charge < -0.3 is 9.47 Å². The number of carbonyl (C=O) groups is 2. The maximum Gasteiger partial charge on any atom is 0.269 e. The topological polar surface area (TPSA) is 114 Å². The SMILES string of the molecule is COc1ccc(OCCCC(=O)NNC(=O)c2cccc(S(=O)(=O)N(C)C)c2)cc1. The fraction of sp³-hybridized carbons (Fsp3) is 0.300. The van der Waals surface area contributed by atoms with Crippen LogP contribution in [0.2, 0.25) is 0 Å². The van der Waals surface area contributed by atoms with Crippen LogP contribution in [0.3, 0.4) is 0 Å². The highest BCUT2D eigenvalue weighted by Gasteiger charge is 2.18. The summed E-state index contributed by atoms with van der Waals surface area (Å²) in [5.41, 5.74) is 4.69. The molecule has 9 nitrogen and oxygen atoms in total. The Kier molecular flexibility index (Phi) is 8.19. The average Bonchev–Trinajstić information content (AvgIpc) is 2.75. The molecule has 2 aromatic rings. The summed E-state index contributed by atoms with van der Waals surface area (Å²) in [7, 11) is 0.725. The highest BCUT2D eigenvalue weighted by molar-refractivity contribution is 7.89. The number of hydrazine groups is 1. The van der Waals surface area contributed by atoms with E-state index >= 15 is 0 Å². The Morgan fingerprint density at radius 1 is 1.00 bits per heavy atom. The van der Waals surface area contributed by atoms with E-state index in [0.717, 1.165) is 10.1 Å². The molecule has 162 valence electrons. The lowest BCUT2D eigenvalue weighted by atomic mass is 10.2. The normalized spacial score (nSPS) is 11.1. The molecule has 0 fully saturated rings. The van der Waals surface area contributed by atoms with Crippen molar-refractivity contribution in [1.29, 1.82) is 0 Å². The van der Waals surface area contributed by atoms with E-state index in [2.05, 4.69) is 10.9 Å². The molecule has 0 radical (unpaired) electrons. The molecule has 0 aliphatic rings. The highest BCUT2D eigenvalue weighted by Crippen LogP contribution is 2.17. The lowest BCUT2D eigenvalue weighted by molar-refractivity contribution is -0.122. The van der Waals surface area contributed by atoms with E-state index in [-0.39, 0.29) is 16.9 Å². The standard InChI is InChI=1S/C20H25N3O6S/c1-23(2)30(26,27)18-7-4-6-15(14-18)20(25)22-21-19(24)8-5-13-29-17-11-9-16(28-3)10-12-17/h4,6-7,9-12,14H,5,8,13H2,1-3H3,(H,21,24)(H,22,25). The number of nitrogens with zero attached hydrogens (tertiary/aromatic N) is 1. The molecule has 0 heterocycles. The van der Waals surface area contributed by atoms with Gasteiger partial charge in [0.15, 0.2) is 0 Å². The molecule has 10 heteroatoms. The largest absolute Gasteiger partial charge is 0.497 e. The van der Waals surface area contributed by atoms with Crippen LogP contribution in [-0.4, -0.2) is 52.3 Å². The van der Waals surface area contributed by atoms with Crippen LogP contribution in [0.5, 0.6) is 11.5 Å². The second-order valence-corrected chi connectivity index (χ2v) is 8.60. The zero-order chi connectivity index (χ0) is 22.1. The van der Waals surface area contributed by atoms with Crippen molar-refractivity contribution >= 4 is 21.8 Å². The summed E-state index contributed by atoms with van der Waals surface area (Å²) < 4.78 is 36.0. The number of carbonyl (C=O) groups excluding carboxylic acids is 2. The molecule has 30 heavy (non-hydrogen) atoms. The van der Waals surface area contributed by atoms with Crippen molar-refractivity contribution in [2.24, 2.45) is 0 Å². The maximum atomic E-state index is 12.2. The number of sulfonamides is 1. The second-order valence-electron chi connectivity index (χ2n) is 6.45. The van der Waals surface area contributed by atoms with E-state index in [1.165, 1.54) is 38.4 Å². The van der Waals surface area contributed by atoms with Crippen LogP contribution in [0.15, 0.2) is 53.4 Å². The number of rotatable bonds is 9. The third kappa shape index (κ3) is 6.46. The van der Waals surface area contributed by atoms with Crippen LogP contribution in [0, 0.1) is 0 Å². The summed E-state index contributed by atoms with van der Waals surface area (Å²) in [5, 5.41) is 0. The van der Waals surface area contributed by atoms with Crippen LogP contribution in [0.25, 0.3) is 0 Å². The van der Waals surface area contributed by atoms with E-state index < -0.39 is 21.8 Å². The number of nitrogens with one attached hydrogen (secondary N) is 2. The molecule has 0 aliphatic heterocycles. The Morgan fingerprint density at radius 3 is 2.30 bits per heavy atom. The molecule has 0 saturated heterocycles. The Labute approximate surface area is 176 Å². The van der Waals surface area contributed by atoms with E-state index in [1.807, 2.05) is 0 Å². The van der Waals surface area contributed by atoms with Crippen molar-refractivity contribution in [3.05, 3.63) is 54.1 Å². The molecule has 0 aromatic heterocycles. The predicted octanol–water partition coefficient (Wildman–Crippen LogP) is 1.57. The third-order valence-corrected chi connectivity index (χ3v) is 5.88. The van der Waals surface area contributed by atoms with Gasteiger partial charge >= 0.3 is 0 Å². The smallest absolute Gasteiger partial charge is 0.269 e. The minimum Gasteiger partial charge on any atom is -0.497 e. The van der Waals surface area contributed by atoms with Crippen LogP contribution >= 0.6 is 0 Å². The monoisotopic (exact) mass is 435 g/mol. The lowest BCUT2D eigenvalue weighted by Crippen LogP contribution is -2.41. The summed E-state index contributed by atoms with van der Waals surface area (Å²) in [5.74, 6) is 0.381. The molecule has 0 atom stereocenters. The Bertz CT molecular complexity index is 974. The average molecular weight is 436 g/mol. The fourth-order valence-electron chi connectivity index (χ4n) is 2.36. The molecule has 2 amide bonds. The molecule has 2 N–H and O–H groups in total. The van der Waals surface area contributed by atoms with Gasteiger partial charge in [0.2, 0.25) is 15.9 Å². The fourth-order valence-corrected chi connectivity index (χ4v) is 3.31. The number of methoxy groups -OCH3 is 1. The first kappa shape index (κ1) is 23.2. The van der Waals surface area contributed by atoms with Crippen molar-refractivity contribution in [2.45, 2.75) is 17.7 Å². The molecule has 0 spiro atoms. The Morgan fingerprint density at radius 2 is 1.67 bits per heavy atom. The van der Waals surface area contributed by atoms with Crippen molar-refractivity contribution in [3.8, 4) is 11.5 Å². The molecule has 0 bridgehead atoms. The van der Waals surface area contributed by atoms with Crippen molar-refractivity contribution in [2.75, 3.05) is 27.8 Å². The molecule has 0 aliphatic carbocycles. The van der Waals surface area contributed by atoms with Gasteiger partial charge in [-0.25, -0.2) is 12.7 Å². The maximum absolute atomic E-state index is 12.2. The van der Waals surface area contributed by atoms with E-state index in [1.54, 1.807) is 31.4 Å². The van der Waals surface area contributed by atoms with Gasteiger partial charge in [0.1, 0.15) is 11.5 Å². The Balaban J connectivity index is 1.77. The van der Waals surface area contributed by atoms with Gasteiger partial charge in [0.05, 0.1) is 18.6 Å². The van der Waals surface area contributed by atoms with Gasteiger partial charge in [0.25, 0.3) is 5.91 Å². The Hall–Kier alpha value is -3.11. The van der Waals surface area contributed by atoms with Crippen LogP contribution in [0.1, 0.15) is 23.2 Å². The van der Waals surface area contributed by atoms with Crippen molar-refractivity contribution in [3.63, 3.8) is 0 Å². The molecule has 2 rings (SSSR count).